The van der Waals surface area contributed by atoms with Gasteiger partial charge in [0.15, 0.2) is 0 Å². The number of fused-ring (bicyclic) bond motifs is 6. The molecule has 6 rings (SSSR count). The van der Waals surface area contributed by atoms with Crippen LogP contribution in [0, 0.1) is 12.8 Å². The first-order valence-electron chi connectivity index (χ1n) is 11.8. The van der Waals surface area contributed by atoms with Crippen LogP contribution in [0.15, 0.2) is 42.0 Å². The second-order valence-corrected chi connectivity index (χ2v) is 13.8. The first-order chi connectivity index (χ1) is 16.2. The Bertz CT molecular complexity index is 1710. The molecule has 0 aliphatic heterocycles. The van der Waals surface area contributed by atoms with Crippen molar-refractivity contribution in [2.45, 2.75) is 53.4 Å². The van der Waals surface area contributed by atoms with Crippen LogP contribution in [0.3, 0.4) is 0 Å². The predicted octanol–water partition coefficient (Wildman–Crippen LogP) is 9.75. The number of aromatic nitrogens is 2. The molecule has 4 aromatic heterocycles. The molecule has 0 bridgehead atoms. The molecule has 0 spiro atoms. The SMILES string of the molecule is Cc1sc2c(ccc3c2sc2ncnc(-c4cc(C(C)(C)C)c5sccc5c4)c23)c1CC(C)C. The first-order valence-corrected chi connectivity index (χ1v) is 14.3. The van der Waals surface area contributed by atoms with Gasteiger partial charge in [0, 0.05) is 25.9 Å². The predicted molar refractivity (Wildman–Crippen MR) is 153 cm³/mol. The van der Waals surface area contributed by atoms with Crippen molar-refractivity contribution in [1.82, 2.24) is 9.97 Å². The molecule has 0 radical (unpaired) electrons. The van der Waals surface area contributed by atoms with Crippen molar-refractivity contribution < 1.29 is 0 Å². The van der Waals surface area contributed by atoms with E-state index >= 15 is 0 Å². The maximum Gasteiger partial charge on any atom is 0.128 e. The summed E-state index contributed by atoms with van der Waals surface area (Å²) in [6, 6.07) is 11.5. The lowest BCUT2D eigenvalue weighted by Gasteiger charge is -2.21. The van der Waals surface area contributed by atoms with E-state index in [1.807, 2.05) is 34.0 Å². The minimum absolute atomic E-state index is 0.0649. The Balaban J connectivity index is 1.65. The fourth-order valence-corrected chi connectivity index (χ4v) is 8.61. The number of hydrogen-bond acceptors (Lipinski definition) is 5. The van der Waals surface area contributed by atoms with E-state index in [9.17, 15) is 0 Å². The summed E-state index contributed by atoms with van der Waals surface area (Å²) in [6.45, 7) is 13.8. The molecule has 0 unspecified atom stereocenters. The number of thiophene rings is 3. The average Bonchev–Trinajstić information content (AvgIpc) is 3.47. The fourth-order valence-electron chi connectivity index (χ4n) is 5.05. The molecule has 34 heavy (non-hydrogen) atoms. The summed E-state index contributed by atoms with van der Waals surface area (Å²) in [5, 5.41) is 7.38. The molecule has 0 aliphatic carbocycles. The fraction of sp³-hybridized carbons (Fsp3) is 0.310. The maximum absolute atomic E-state index is 4.86. The van der Waals surface area contributed by atoms with E-state index in [1.165, 1.54) is 57.2 Å². The molecule has 6 aromatic rings. The highest BCUT2D eigenvalue weighted by atomic mass is 32.1. The molecule has 4 heterocycles. The summed E-state index contributed by atoms with van der Waals surface area (Å²) in [5.74, 6) is 0.649. The zero-order valence-corrected chi connectivity index (χ0v) is 22.9. The molecule has 0 atom stereocenters. The maximum atomic E-state index is 4.86. The van der Waals surface area contributed by atoms with Gasteiger partial charge in [-0.15, -0.1) is 34.0 Å². The second kappa shape index (κ2) is 7.84. The van der Waals surface area contributed by atoms with E-state index in [1.54, 1.807) is 6.33 Å². The number of benzene rings is 2. The number of rotatable bonds is 3. The average molecular weight is 501 g/mol. The van der Waals surface area contributed by atoms with Gasteiger partial charge in [-0.1, -0.05) is 46.8 Å². The number of nitrogens with zero attached hydrogens (tertiary/aromatic N) is 2. The second-order valence-electron chi connectivity index (χ2n) is 10.7. The lowest BCUT2D eigenvalue weighted by molar-refractivity contribution is 0.597. The van der Waals surface area contributed by atoms with Gasteiger partial charge in [-0.25, -0.2) is 9.97 Å². The quantitative estimate of drug-likeness (QED) is 0.242. The van der Waals surface area contributed by atoms with Crippen molar-refractivity contribution in [2.24, 2.45) is 5.92 Å². The van der Waals surface area contributed by atoms with Crippen LogP contribution in [0.4, 0.5) is 0 Å². The van der Waals surface area contributed by atoms with Crippen LogP contribution in [0.25, 0.3) is 51.7 Å². The topological polar surface area (TPSA) is 25.8 Å². The van der Waals surface area contributed by atoms with Gasteiger partial charge in [-0.05, 0) is 70.2 Å². The van der Waals surface area contributed by atoms with Crippen molar-refractivity contribution in [3.63, 3.8) is 0 Å². The van der Waals surface area contributed by atoms with Crippen LogP contribution in [-0.4, -0.2) is 9.97 Å². The minimum Gasteiger partial charge on any atom is -0.236 e. The highest BCUT2D eigenvalue weighted by Crippen LogP contribution is 2.46. The van der Waals surface area contributed by atoms with Crippen LogP contribution in [0.1, 0.15) is 50.6 Å². The zero-order chi connectivity index (χ0) is 23.8. The largest absolute Gasteiger partial charge is 0.236 e. The van der Waals surface area contributed by atoms with Gasteiger partial charge < -0.3 is 0 Å². The Kier molecular flexibility index (Phi) is 5.11. The molecule has 5 heteroatoms. The van der Waals surface area contributed by atoms with Crippen LogP contribution >= 0.6 is 34.0 Å². The van der Waals surface area contributed by atoms with E-state index in [2.05, 4.69) is 77.3 Å². The van der Waals surface area contributed by atoms with Gasteiger partial charge in [0.1, 0.15) is 11.2 Å². The van der Waals surface area contributed by atoms with Crippen LogP contribution in [-0.2, 0) is 11.8 Å². The third kappa shape index (κ3) is 3.40. The van der Waals surface area contributed by atoms with E-state index < -0.39 is 0 Å². The molecular weight excluding hydrogens is 473 g/mol. The van der Waals surface area contributed by atoms with Crippen LogP contribution in [0.5, 0.6) is 0 Å². The highest BCUT2D eigenvalue weighted by Gasteiger charge is 2.22. The number of hydrogen-bond donors (Lipinski definition) is 0. The number of aryl methyl sites for hydroxylation is 1. The Labute approximate surface area is 212 Å². The van der Waals surface area contributed by atoms with Gasteiger partial charge in [0.2, 0.25) is 0 Å². The smallest absolute Gasteiger partial charge is 0.128 e. The molecule has 0 saturated heterocycles. The summed E-state index contributed by atoms with van der Waals surface area (Å²) >= 11 is 5.59. The Hall–Kier alpha value is -2.34. The first kappa shape index (κ1) is 22.1. The summed E-state index contributed by atoms with van der Waals surface area (Å²) in [7, 11) is 0. The van der Waals surface area contributed by atoms with Crippen molar-refractivity contribution >= 4 is 74.5 Å². The van der Waals surface area contributed by atoms with Crippen LogP contribution < -0.4 is 0 Å². The molecule has 0 saturated carbocycles. The third-order valence-electron chi connectivity index (χ3n) is 6.64. The Morgan fingerprint density at radius 3 is 2.44 bits per heavy atom. The highest BCUT2D eigenvalue weighted by molar-refractivity contribution is 7.31. The van der Waals surface area contributed by atoms with Gasteiger partial charge in [-0.3, -0.25) is 0 Å². The monoisotopic (exact) mass is 500 g/mol. The van der Waals surface area contributed by atoms with Gasteiger partial charge in [0.05, 0.1) is 15.1 Å². The van der Waals surface area contributed by atoms with Crippen molar-refractivity contribution in [1.29, 1.82) is 0 Å². The minimum atomic E-state index is 0.0649. The van der Waals surface area contributed by atoms with Crippen molar-refractivity contribution in [3.8, 4) is 11.3 Å². The van der Waals surface area contributed by atoms with Gasteiger partial charge in [0.25, 0.3) is 0 Å². The Morgan fingerprint density at radius 2 is 1.68 bits per heavy atom. The van der Waals surface area contributed by atoms with E-state index in [0.29, 0.717) is 5.92 Å². The normalized spacial score (nSPS) is 12.8. The molecule has 2 aromatic carbocycles. The summed E-state index contributed by atoms with van der Waals surface area (Å²) in [5.41, 5.74) is 5.19. The lowest BCUT2D eigenvalue weighted by Crippen LogP contribution is -2.11. The van der Waals surface area contributed by atoms with Gasteiger partial charge in [-0.2, -0.15) is 0 Å². The third-order valence-corrected chi connectivity index (χ3v) is 10.0. The summed E-state index contributed by atoms with van der Waals surface area (Å²) < 4.78 is 4.14. The molecule has 2 nitrogen and oxygen atoms in total. The lowest BCUT2D eigenvalue weighted by atomic mass is 9.85. The summed E-state index contributed by atoms with van der Waals surface area (Å²) in [6.07, 6.45) is 2.87. The van der Waals surface area contributed by atoms with Crippen LogP contribution in [0.2, 0.25) is 0 Å². The van der Waals surface area contributed by atoms with Crippen molar-refractivity contribution in [3.05, 3.63) is 58.0 Å². The van der Waals surface area contributed by atoms with E-state index in [0.717, 1.165) is 16.9 Å². The Morgan fingerprint density at radius 1 is 0.912 bits per heavy atom. The van der Waals surface area contributed by atoms with Gasteiger partial charge >= 0.3 is 0 Å². The summed E-state index contributed by atoms with van der Waals surface area (Å²) in [4.78, 5) is 12.1. The zero-order valence-electron chi connectivity index (χ0n) is 20.4. The standard InChI is InChI=1S/C29H28N2S3/c1-15(2)11-21-16(3)33-26-19(21)7-8-20-23-24(30-14-31-28(23)34-27(20)26)18-12-17-9-10-32-25(17)22(13-18)29(4,5)6/h7-10,12-15H,11H2,1-6H3. The van der Waals surface area contributed by atoms with E-state index in [4.69, 9.17) is 9.97 Å². The molecule has 0 aliphatic rings. The van der Waals surface area contributed by atoms with E-state index in [-0.39, 0.29) is 5.41 Å². The van der Waals surface area contributed by atoms with Crippen molar-refractivity contribution in [2.75, 3.05) is 0 Å². The molecule has 0 N–H and O–H groups in total. The molecule has 0 amide bonds. The molecule has 172 valence electrons. The molecule has 0 fully saturated rings. The molecular formula is C29H28N2S3.